The summed E-state index contributed by atoms with van der Waals surface area (Å²) in [6, 6.07) is 8.44. The van der Waals surface area contributed by atoms with Crippen molar-refractivity contribution in [3.05, 3.63) is 35.4 Å². The van der Waals surface area contributed by atoms with Crippen molar-refractivity contribution in [1.82, 2.24) is 9.97 Å². The summed E-state index contributed by atoms with van der Waals surface area (Å²) in [6.07, 6.45) is 3.02. The van der Waals surface area contributed by atoms with Gasteiger partial charge in [-0.2, -0.15) is 0 Å². The first kappa shape index (κ1) is 11.5. The number of nitrogens with two attached hydrogens (primary N) is 1. The smallest absolute Gasteiger partial charge is 0.221 e. The van der Waals surface area contributed by atoms with Gasteiger partial charge in [-0.15, -0.1) is 11.8 Å². The van der Waals surface area contributed by atoms with E-state index in [4.69, 9.17) is 5.73 Å². The van der Waals surface area contributed by atoms with Crippen molar-refractivity contribution in [2.24, 2.45) is 0 Å². The molecule has 2 aromatic rings. The second-order valence-corrected chi connectivity index (χ2v) is 5.41. The first-order valence-corrected chi connectivity index (χ1v) is 7.23. The fourth-order valence-corrected chi connectivity index (χ4v) is 3.23. The van der Waals surface area contributed by atoms with E-state index in [1.54, 1.807) is 11.8 Å². The number of thioether (sulfide) groups is 1. The van der Waals surface area contributed by atoms with Crippen LogP contribution in [-0.2, 0) is 6.42 Å². The van der Waals surface area contributed by atoms with Gasteiger partial charge in [0.1, 0.15) is 5.03 Å². The molecule has 92 valence electrons. The Bertz CT molecular complexity index is 610. The van der Waals surface area contributed by atoms with Crippen LogP contribution in [0.2, 0.25) is 0 Å². The standard InChI is InChI=1S/C14H15N3S/c1-8-7-11-12(10-6-4-3-5-9(8)10)16-14(15)17-13(11)18-2/h3-6,8H,7H2,1-2H3,(H2,15,16,17). The summed E-state index contributed by atoms with van der Waals surface area (Å²) >= 11 is 1.64. The minimum atomic E-state index is 0.363. The van der Waals surface area contributed by atoms with Gasteiger partial charge < -0.3 is 5.73 Å². The van der Waals surface area contributed by atoms with Crippen LogP contribution in [0.5, 0.6) is 0 Å². The van der Waals surface area contributed by atoms with Crippen LogP contribution < -0.4 is 5.73 Å². The van der Waals surface area contributed by atoms with Crippen molar-refractivity contribution in [3.63, 3.8) is 0 Å². The SMILES string of the molecule is CSc1nc(N)nc2c1CC(C)c1ccccc1-2. The van der Waals surface area contributed by atoms with Crippen molar-refractivity contribution in [2.75, 3.05) is 12.0 Å². The maximum absolute atomic E-state index is 5.81. The molecule has 3 rings (SSSR count). The highest BCUT2D eigenvalue weighted by molar-refractivity contribution is 7.98. The van der Waals surface area contributed by atoms with E-state index in [0.717, 1.165) is 17.1 Å². The van der Waals surface area contributed by atoms with Crippen LogP contribution in [0.1, 0.15) is 24.0 Å². The summed E-state index contributed by atoms with van der Waals surface area (Å²) in [6.45, 7) is 2.25. The third-order valence-corrected chi connectivity index (χ3v) is 4.16. The van der Waals surface area contributed by atoms with E-state index in [2.05, 4.69) is 41.2 Å². The molecule has 4 heteroatoms. The molecule has 1 heterocycles. The Hall–Kier alpha value is -1.55. The van der Waals surface area contributed by atoms with E-state index in [0.29, 0.717) is 11.9 Å². The van der Waals surface area contributed by atoms with Crippen LogP contribution >= 0.6 is 11.8 Å². The molecule has 0 saturated heterocycles. The molecule has 0 bridgehead atoms. The lowest BCUT2D eigenvalue weighted by atomic mass is 9.82. The van der Waals surface area contributed by atoms with Crippen molar-refractivity contribution in [3.8, 4) is 11.3 Å². The van der Waals surface area contributed by atoms with Gasteiger partial charge >= 0.3 is 0 Å². The van der Waals surface area contributed by atoms with Crippen molar-refractivity contribution >= 4 is 17.7 Å². The third-order valence-electron chi connectivity index (χ3n) is 3.44. The number of fused-ring (bicyclic) bond motifs is 3. The average Bonchev–Trinajstić information content (AvgIpc) is 2.39. The first-order chi connectivity index (χ1) is 8.70. The second-order valence-electron chi connectivity index (χ2n) is 4.61. The molecule has 2 N–H and O–H groups in total. The summed E-state index contributed by atoms with van der Waals surface area (Å²) < 4.78 is 0. The molecule has 0 spiro atoms. The molecule has 1 unspecified atom stereocenters. The van der Waals surface area contributed by atoms with E-state index < -0.39 is 0 Å². The average molecular weight is 257 g/mol. The number of nitrogens with zero attached hydrogens (tertiary/aromatic N) is 2. The molecule has 0 fully saturated rings. The predicted octanol–water partition coefficient (Wildman–Crippen LogP) is 3.11. The fourth-order valence-electron chi connectivity index (χ4n) is 2.61. The fraction of sp³-hybridized carbons (Fsp3) is 0.286. The van der Waals surface area contributed by atoms with Gasteiger partial charge in [0.15, 0.2) is 0 Å². The van der Waals surface area contributed by atoms with Crippen LogP contribution in [0.25, 0.3) is 11.3 Å². The lowest BCUT2D eigenvalue weighted by Crippen LogP contribution is -2.13. The van der Waals surface area contributed by atoms with Gasteiger partial charge in [0.25, 0.3) is 0 Å². The zero-order chi connectivity index (χ0) is 12.7. The number of nitrogen functional groups attached to an aromatic ring is 1. The maximum atomic E-state index is 5.81. The normalized spacial score (nSPS) is 17.1. The number of hydrogen-bond acceptors (Lipinski definition) is 4. The number of benzene rings is 1. The highest BCUT2D eigenvalue weighted by atomic mass is 32.2. The van der Waals surface area contributed by atoms with Crippen LogP contribution in [-0.4, -0.2) is 16.2 Å². The van der Waals surface area contributed by atoms with Gasteiger partial charge in [0.05, 0.1) is 5.69 Å². The molecular weight excluding hydrogens is 242 g/mol. The van der Waals surface area contributed by atoms with Crippen LogP contribution in [0, 0.1) is 0 Å². The van der Waals surface area contributed by atoms with E-state index in [9.17, 15) is 0 Å². The van der Waals surface area contributed by atoms with Gasteiger partial charge in [0, 0.05) is 11.1 Å². The summed E-state index contributed by atoms with van der Waals surface area (Å²) in [4.78, 5) is 8.79. The number of rotatable bonds is 1. The second kappa shape index (κ2) is 4.28. The van der Waals surface area contributed by atoms with Gasteiger partial charge in [-0.25, -0.2) is 9.97 Å². The number of aromatic nitrogens is 2. The molecule has 1 aromatic heterocycles. The topological polar surface area (TPSA) is 51.8 Å². The molecule has 0 saturated carbocycles. The highest BCUT2D eigenvalue weighted by Gasteiger charge is 2.25. The molecule has 1 aliphatic rings. The Morgan fingerprint density at radius 2 is 2.06 bits per heavy atom. The van der Waals surface area contributed by atoms with Crippen LogP contribution in [0.15, 0.2) is 29.3 Å². The minimum Gasteiger partial charge on any atom is -0.368 e. The zero-order valence-corrected chi connectivity index (χ0v) is 11.3. The monoisotopic (exact) mass is 257 g/mol. The molecule has 1 aliphatic carbocycles. The summed E-state index contributed by atoms with van der Waals surface area (Å²) in [5.74, 6) is 0.870. The zero-order valence-electron chi connectivity index (χ0n) is 10.5. The summed E-state index contributed by atoms with van der Waals surface area (Å²) in [5, 5.41) is 1.01. The van der Waals surface area contributed by atoms with Crippen molar-refractivity contribution in [2.45, 2.75) is 24.3 Å². The van der Waals surface area contributed by atoms with Crippen molar-refractivity contribution < 1.29 is 0 Å². The molecular formula is C14H15N3S. The quantitative estimate of drug-likeness (QED) is 0.630. The van der Waals surface area contributed by atoms with Gasteiger partial charge in [-0.3, -0.25) is 0 Å². The maximum Gasteiger partial charge on any atom is 0.221 e. The minimum absolute atomic E-state index is 0.363. The third kappa shape index (κ3) is 1.68. The summed E-state index contributed by atoms with van der Waals surface area (Å²) in [7, 11) is 0. The summed E-state index contributed by atoms with van der Waals surface area (Å²) in [5.41, 5.74) is 10.6. The predicted molar refractivity (Wildman–Crippen MR) is 75.8 cm³/mol. The van der Waals surface area contributed by atoms with Gasteiger partial charge in [-0.1, -0.05) is 31.2 Å². The van der Waals surface area contributed by atoms with E-state index in [-0.39, 0.29) is 0 Å². The molecule has 1 aromatic carbocycles. The van der Waals surface area contributed by atoms with E-state index >= 15 is 0 Å². The van der Waals surface area contributed by atoms with E-state index in [1.165, 1.54) is 16.7 Å². The lowest BCUT2D eigenvalue weighted by molar-refractivity contribution is 0.723. The molecule has 3 nitrogen and oxygen atoms in total. The Morgan fingerprint density at radius 1 is 1.28 bits per heavy atom. The van der Waals surface area contributed by atoms with Crippen LogP contribution in [0.4, 0.5) is 5.95 Å². The van der Waals surface area contributed by atoms with Gasteiger partial charge in [-0.05, 0) is 24.2 Å². The Balaban J connectivity index is 2.31. The Morgan fingerprint density at radius 3 is 2.83 bits per heavy atom. The van der Waals surface area contributed by atoms with E-state index in [1.807, 2.05) is 6.26 Å². The largest absolute Gasteiger partial charge is 0.368 e. The molecule has 1 atom stereocenters. The van der Waals surface area contributed by atoms with Crippen LogP contribution in [0.3, 0.4) is 0 Å². The molecule has 0 radical (unpaired) electrons. The number of hydrogen-bond donors (Lipinski definition) is 1. The van der Waals surface area contributed by atoms with Crippen molar-refractivity contribution in [1.29, 1.82) is 0 Å². The molecule has 0 aliphatic heterocycles. The van der Waals surface area contributed by atoms with Gasteiger partial charge in [0.2, 0.25) is 5.95 Å². The Kier molecular flexibility index (Phi) is 2.74. The molecule has 0 amide bonds. The number of anilines is 1. The highest BCUT2D eigenvalue weighted by Crippen LogP contribution is 2.41. The lowest BCUT2D eigenvalue weighted by Gasteiger charge is -2.25. The Labute approximate surface area is 111 Å². The molecule has 18 heavy (non-hydrogen) atoms. The first-order valence-electron chi connectivity index (χ1n) is 6.00.